The van der Waals surface area contributed by atoms with E-state index in [1.54, 1.807) is 6.07 Å². The molecule has 0 radical (unpaired) electrons. The van der Waals surface area contributed by atoms with E-state index in [2.05, 4.69) is 16.3 Å². The van der Waals surface area contributed by atoms with Crippen LogP contribution in [0.25, 0.3) is 0 Å². The minimum Gasteiger partial charge on any atom is -0.491 e. The number of hydrogen-bond acceptors (Lipinski definition) is 5. The van der Waals surface area contributed by atoms with Gasteiger partial charge in [-0.1, -0.05) is 25.1 Å². The Morgan fingerprint density at radius 2 is 1.74 bits per heavy atom. The van der Waals surface area contributed by atoms with Gasteiger partial charge in [-0.25, -0.2) is 8.42 Å². The van der Waals surface area contributed by atoms with Gasteiger partial charge >= 0.3 is 0 Å². The van der Waals surface area contributed by atoms with Gasteiger partial charge in [0.2, 0.25) is 15.9 Å². The minimum absolute atomic E-state index is 0.360. The number of nitrogens with zero attached hydrogens (tertiary/aromatic N) is 2. The lowest BCUT2D eigenvalue weighted by Gasteiger charge is -2.35. The zero-order valence-corrected chi connectivity index (χ0v) is 19.2. The first-order valence-electron chi connectivity index (χ1n) is 10.6. The van der Waals surface area contributed by atoms with Gasteiger partial charge in [0.15, 0.2) is 0 Å². The molecule has 1 aliphatic rings. The zero-order valence-electron chi connectivity index (χ0n) is 18.4. The molecule has 2 aromatic rings. The Balaban J connectivity index is 1.59. The number of benzene rings is 2. The number of carbonyl (C=O) groups excluding carboxylic acids is 1. The molecule has 1 saturated heterocycles. The summed E-state index contributed by atoms with van der Waals surface area (Å²) in [5.74, 6) is -0.593. The summed E-state index contributed by atoms with van der Waals surface area (Å²) >= 11 is 0. The Morgan fingerprint density at radius 3 is 2.42 bits per heavy atom. The highest BCUT2D eigenvalue weighted by atomic mass is 32.2. The van der Waals surface area contributed by atoms with Crippen molar-refractivity contribution in [2.75, 3.05) is 48.8 Å². The average molecular weight is 446 g/mol. The smallest absolute Gasteiger partial charge is 0.241 e. The monoisotopic (exact) mass is 445 g/mol. The van der Waals surface area contributed by atoms with Gasteiger partial charge in [0.05, 0.1) is 12.3 Å². The number of sulfonamides is 1. The summed E-state index contributed by atoms with van der Waals surface area (Å²) in [5.41, 5.74) is 3.75. The van der Waals surface area contributed by atoms with Gasteiger partial charge in [-0.3, -0.25) is 4.79 Å². The van der Waals surface area contributed by atoms with Gasteiger partial charge in [0.1, 0.15) is 11.5 Å². The molecule has 3 rings (SSSR count). The number of piperazine rings is 1. The molecule has 0 aliphatic carbocycles. The second-order valence-electron chi connectivity index (χ2n) is 7.88. The van der Waals surface area contributed by atoms with E-state index in [1.165, 1.54) is 9.87 Å². The number of carbonyl (C=O) groups is 1. The summed E-state index contributed by atoms with van der Waals surface area (Å²) in [6.45, 7) is 8.41. The fourth-order valence-electron chi connectivity index (χ4n) is 3.56. The number of aryl methyl sites for hydroxylation is 2. The van der Waals surface area contributed by atoms with Crippen LogP contribution in [0.2, 0.25) is 0 Å². The largest absolute Gasteiger partial charge is 0.491 e. The van der Waals surface area contributed by atoms with Crippen molar-refractivity contribution in [1.29, 1.82) is 0 Å². The first-order chi connectivity index (χ1) is 14.8. The average Bonchev–Trinajstić information content (AvgIpc) is 2.73. The normalized spacial score (nSPS) is 15.0. The highest BCUT2D eigenvalue weighted by Crippen LogP contribution is 2.26. The van der Waals surface area contributed by atoms with E-state index in [9.17, 15) is 13.2 Å². The standard InChI is InChI=1S/C23H31N3O4S/c1-4-14-30-22-16-19(3)8-9-21(22)24-23(27)17-31(28,29)26-12-10-25(11-13-26)20-7-5-6-18(2)15-20/h5-9,15-16H,4,10-14,17H2,1-3H3,(H,24,27). The molecule has 31 heavy (non-hydrogen) atoms. The SMILES string of the molecule is CCCOc1cc(C)ccc1NC(=O)CS(=O)(=O)N1CCN(c2cccc(C)c2)CC1. The Labute approximate surface area is 185 Å². The minimum atomic E-state index is -3.70. The third-order valence-electron chi connectivity index (χ3n) is 5.19. The molecule has 0 spiro atoms. The van der Waals surface area contributed by atoms with Crippen molar-refractivity contribution in [3.63, 3.8) is 0 Å². The summed E-state index contributed by atoms with van der Waals surface area (Å²) in [7, 11) is -3.70. The van der Waals surface area contributed by atoms with Crippen LogP contribution < -0.4 is 15.0 Å². The van der Waals surface area contributed by atoms with E-state index in [4.69, 9.17) is 4.74 Å². The summed E-state index contributed by atoms with van der Waals surface area (Å²) in [5, 5.41) is 2.70. The van der Waals surface area contributed by atoms with Gasteiger partial charge in [-0.2, -0.15) is 4.31 Å². The van der Waals surface area contributed by atoms with Crippen LogP contribution in [0.4, 0.5) is 11.4 Å². The lowest BCUT2D eigenvalue weighted by molar-refractivity contribution is -0.113. The van der Waals surface area contributed by atoms with Crippen LogP contribution in [-0.2, 0) is 14.8 Å². The van der Waals surface area contributed by atoms with Gasteiger partial charge in [-0.15, -0.1) is 0 Å². The fourth-order valence-corrected chi connectivity index (χ4v) is 4.86. The molecule has 1 N–H and O–H groups in total. The molecular weight excluding hydrogens is 414 g/mol. The van der Waals surface area contributed by atoms with Crippen LogP contribution in [0.5, 0.6) is 5.75 Å². The number of ether oxygens (including phenoxy) is 1. The number of hydrogen-bond donors (Lipinski definition) is 1. The van der Waals surface area contributed by atoms with E-state index in [-0.39, 0.29) is 0 Å². The molecule has 0 aromatic heterocycles. The van der Waals surface area contributed by atoms with Gasteiger partial charge in [0.25, 0.3) is 0 Å². The summed E-state index contributed by atoms with van der Waals surface area (Å²) in [6, 6.07) is 13.6. The maximum atomic E-state index is 12.8. The van der Waals surface area contributed by atoms with E-state index in [1.807, 2.05) is 51.1 Å². The molecule has 8 heteroatoms. The van der Waals surface area contributed by atoms with Crippen LogP contribution in [0.1, 0.15) is 24.5 Å². The van der Waals surface area contributed by atoms with Crippen LogP contribution >= 0.6 is 0 Å². The molecular formula is C23H31N3O4S. The zero-order chi connectivity index (χ0) is 22.4. The lowest BCUT2D eigenvalue weighted by atomic mass is 10.2. The molecule has 168 valence electrons. The lowest BCUT2D eigenvalue weighted by Crippen LogP contribution is -2.50. The van der Waals surface area contributed by atoms with Crippen molar-refractivity contribution in [3.8, 4) is 5.75 Å². The van der Waals surface area contributed by atoms with Gasteiger partial charge in [0, 0.05) is 31.9 Å². The molecule has 2 aromatic carbocycles. The Kier molecular flexibility index (Phi) is 7.56. The number of amides is 1. The molecule has 1 amide bonds. The molecule has 7 nitrogen and oxygen atoms in total. The third kappa shape index (κ3) is 6.21. The predicted molar refractivity (Wildman–Crippen MR) is 124 cm³/mol. The van der Waals surface area contributed by atoms with Gasteiger partial charge in [-0.05, 0) is 55.7 Å². The highest BCUT2D eigenvalue weighted by molar-refractivity contribution is 7.89. The Hall–Kier alpha value is -2.58. The van der Waals surface area contributed by atoms with Crippen LogP contribution in [-0.4, -0.2) is 57.2 Å². The topological polar surface area (TPSA) is 78.9 Å². The first-order valence-corrected chi connectivity index (χ1v) is 12.2. The molecule has 0 atom stereocenters. The Morgan fingerprint density at radius 1 is 1.03 bits per heavy atom. The van der Waals surface area contributed by atoms with Crippen molar-refractivity contribution in [2.45, 2.75) is 27.2 Å². The second kappa shape index (κ2) is 10.2. The number of anilines is 2. The van der Waals surface area contributed by atoms with Crippen molar-refractivity contribution >= 4 is 27.3 Å². The van der Waals surface area contributed by atoms with Crippen LogP contribution in [0, 0.1) is 13.8 Å². The first kappa shape index (κ1) is 23.1. The fraction of sp³-hybridized carbons (Fsp3) is 0.435. The van der Waals surface area contributed by atoms with Crippen LogP contribution in [0.3, 0.4) is 0 Å². The highest BCUT2D eigenvalue weighted by Gasteiger charge is 2.29. The summed E-state index contributed by atoms with van der Waals surface area (Å²) in [6.07, 6.45) is 0.838. The van der Waals surface area contributed by atoms with E-state index >= 15 is 0 Å². The van der Waals surface area contributed by atoms with Crippen molar-refractivity contribution in [1.82, 2.24) is 4.31 Å². The molecule has 1 fully saturated rings. The molecule has 1 heterocycles. The molecule has 0 bridgehead atoms. The van der Waals surface area contributed by atoms with Crippen molar-refractivity contribution in [3.05, 3.63) is 53.6 Å². The summed E-state index contributed by atoms with van der Waals surface area (Å²) < 4.78 is 32.7. The Bertz CT molecular complexity index is 1020. The molecule has 0 saturated carbocycles. The van der Waals surface area contributed by atoms with E-state index in [0.717, 1.165) is 17.7 Å². The van der Waals surface area contributed by atoms with E-state index < -0.39 is 21.7 Å². The van der Waals surface area contributed by atoms with E-state index in [0.29, 0.717) is 44.2 Å². The number of rotatable bonds is 8. The maximum absolute atomic E-state index is 12.8. The van der Waals surface area contributed by atoms with Crippen molar-refractivity contribution < 1.29 is 17.9 Å². The quantitative estimate of drug-likeness (QED) is 0.675. The molecule has 1 aliphatic heterocycles. The molecule has 0 unspecified atom stereocenters. The maximum Gasteiger partial charge on any atom is 0.241 e. The second-order valence-corrected chi connectivity index (χ2v) is 9.85. The third-order valence-corrected chi connectivity index (χ3v) is 6.96. The van der Waals surface area contributed by atoms with Crippen molar-refractivity contribution in [2.24, 2.45) is 0 Å². The predicted octanol–water partition coefficient (Wildman–Crippen LogP) is 3.18. The van der Waals surface area contributed by atoms with Crippen LogP contribution in [0.15, 0.2) is 42.5 Å². The summed E-state index contributed by atoms with van der Waals surface area (Å²) in [4.78, 5) is 14.7. The van der Waals surface area contributed by atoms with Gasteiger partial charge < -0.3 is 15.0 Å². The number of nitrogens with one attached hydrogen (secondary N) is 1.